The first kappa shape index (κ1) is 26.9. The summed E-state index contributed by atoms with van der Waals surface area (Å²) < 4.78 is 28.5. The lowest BCUT2D eigenvalue weighted by atomic mass is 10.1. The van der Waals surface area contributed by atoms with Gasteiger partial charge in [-0.2, -0.15) is 0 Å². The molecule has 0 aliphatic heterocycles. The fraction of sp³-hybridized carbons (Fsp3) is 0.286. The molecule has 1 atom stereocenters. The maximum atomic E-state index is 13.8. The van der Waals surface area contributed by atoms with E-state index in [2.05, 4.69) is 5.32 Å². The highest BCUT2D eigenvalue weighted by molar-refractivity contribution is 7.92. The standard InChI is InChI=1S/C28H33N3O4S/c1-4-26(28(33)29-3)30(19-18-23-13-7-5-8-14-23)27(32)21-31(24-15-11-12-22(2)20-24)36(34,35)25-16-9-6-10-17-25/h5-17,20,26H,4,18-19,21H2,1-3H3,(H,29,33)/t26-/m0/s1. The van der Waals surface area contributed by atoms with E-state index in [-0.39, 0.29) is 17.3 Å². The summed E-state index contributed by atoms with van der Waals surface area (Å²) in [4.78, 5) is 28.0. The second kappa shape index (κ2) is 12.4. The number of nitrogens with one attached hydrogen (secondary N) is 1. The number of sulfonamides is 1. The summed E-state index contributed by atoms with van der Waals surface area (Å²) in [5.74, 6) is -0.727. The maximum Gasteiger partial charge on any atom is 0.264 e. The molecule has 3 rings (SSSR count). The van der Waals surface area contributed by atoms with E-state index in [0.717, 1.165) is 15.4 Å². The van der Waals surface area contributed by atoms with Gasteiger partial charge in [0.1, 0.15) is 12.6 Å². The van der Waals surface area contributed by atoms with E-state index in [0.29, 0.717) is 18.5 Å². The van der Waals surface area contributed by atoms with Crippen molar-refractivity contribution >= 4 is 27.5 Å². The normalized spacial score (nSPS) is 12.0. The highest BCUT2D eigenvalue weighted by Gasteiger charge is 2.33. The summed E-state index contributed by atoms with van der Waals surface area (Å²) in [7, 11) is -2.51. The van der Waals surface area contributed by atoms with E-state index >= 15 is 0 Å². The van der Waals surface area contributed by atoms with Crippen LogP contribution < -0.4 is 9.62 Å². The van der Waals surface area contributed by atoms with Crippen LogP contribution in [0.25, 0.3) is 0 Å². The third-order valence-electron chi connectivity index (χ3n) is 6.02. The predicted molar refractivity (Wildman–Crippen MR) is 142 cm³/mol. The zero-order chi connectivity index (χ0) is 26.1. The molecule has 190 valence electrons. The van der Waals surface area contributed by atoms with Crippen molar-refractivity contribution in [2.75, 3.05) is 24.4 Å². The minimum absolute atomic E-state index is 0.0912. The minimum atomic E-state index is -4.04. The van der Waals surface area contributed by atoms with Gasteiger partial charge in [-0.3, -0.25) is 13.9 Å². The van der Waals surface area contributed by atoms with Gasteiger partial charge in [-0.15, -0.1) is 0 Å². The highest BCUT2D eigenvalue weighted by Crippen LogP contribution is 2.25. The van der Waals surface area contributed by atoms with Crippen molar-refractivity contribution in [2.24, 2.45) is 0 Å². The van der Waals surface area contributed by atoms with E-state index in [4.69, 9.17) is 0 Å². The van der Waals surface area contributed by atoms with Gasteiger partial charge in [0.25, 0.3) is 10.0 Å². The number of hydrogen-bond acceptors (Lipinski definition) is 4. The largest absolute Gasteiger partial charge is 0.357 e. The fourth-order valence-electron chi connectivity index (χ4n) is 4.09. The second-order valence-electron chi connectivity index (χ2n) is 8.52. The van der Waals surface area contributed by atoms with Crippen molar-refractivity contribution in [3.63, 3.8) is 0 Å². The number of anilines is 1. The summed E-state index contributed by atoms with van der Waals surface area (Å²) in [5.41, 5.74) is 2.28. The molecule has 0 radical (unpaired) electrons. The lowest BCUT2D eigenvalue weighted by Crippen LogP contribution is -2.52. The topological polar surface area (TPSA) is 86.8 Å². The summed E-state index contributed by atoms with van der Waals surface area (Å²) in [6.07, 6.45) is 0.937. The smallest absolute Gasteiger partial charge is 0.264 e. The number of aryl methyl sites for hydroxylation is 1. The molecule has 7 nitrogen and oxygen atoms in total. The molecule has 8 heteroatoms. The lowest BCUT2D eigenvalue weighted by Gasteiger charge is -2.33. The molecule has 0 aromatic heterocycles. The van der Waals surface area contributed by atoms with Crippen molar-refractivity contribution < 1.29 is 18.0 Å². The lowest BCUT2D eigenvalue weighted by molar-refractivity contribution is -0.139. The Kier molecular flexibility index (Phi) is 9.25. The first-order chi connectivity index (χ1) is 17.3. The number of nitrogens with zero attached hydrogens (tertiary/aromatic N) is 2. The summed E-state index contributed by atoms with van der Waals surface area (Å²) in [5, 5.41) is 2.63. The molecule has 0 spiro atoms. The number of carbonyl (C=O) groups excluding carboxylic acids is 2. The number of rotatable bonds is 11. The van der Waals surface area contributed by atoms with Gasteiger partial charge < -0.3 is 10.2 Å². The summed E-state index contributed by atoms with van der Waals surface area (Å²) >= 11 is 0. The average Bonchev–Trinajstić information content (AvgIpc) is 2.90. The van der Waals surface area contributed by atoms with E-state index in [1.54, 1.807) is 36.4 Å². The van der Waals surface area contributed by atoms with Crippen molar-refractivity contribution in [3.05, 3.63) is 96.1 Å². The molecule has 0 bridgehead atoms. The van der Waals surface area contributed by atoms with Crippen LogP contribution >= 0.6 is 0 Å². The molecule has 1 N–H and O–H groups in total. The van der Waals surface area contributed by atoms with Crippen LogP contribution in [-0.4, -0.2) is 51.3 Å². The monoisotopic (exact) mass is 507 g/mol. The number of hydrogen-bond donors (Lipinski definition) is 1. The van der Waals surface area contributed by atoms with Gasteiger partial charge in [0.15, 0.2) is 0 Å². The number of amides is 2. The van der Waals surface area contributed by atoms with Crippen LogP contribution in [0.1, 0.15) is 24.5 Å². The molecular formula is C28H33N3O4S. The Bertz CT molecular complexity index is 1260. The number of likely N-dealkylation sites (N-methyl/N-ethyl adjacent to an activating group) is 1. The first-order valence-corrected chi connectivity index (χ1v) is 13.4. The van der Waals surface area contributed by atoms with Gasteiger partial charge in [0, 0.05) is 13.6 Å². The molecular weight excluding hydrogens is 474 g/mol. The van der Waals surface area contributed by atoms with Gasteiger partial charge in [0.2, 0.25) is 11.8 Å². The van der Waals surface area contributed by atoms with E-state index in [9.17, 15) is 18.0 Å². The quantitative estimate of drug-likeness (QED) is 0.428. The molecule has 0 saturated carbocycles. The van der Waals surface area contributed by atoms with Crippen LogP contribution in [0.4, 0.5) is 5.69 Å². The van der Waals surface area contributed by atoms with Crippen molar-refractivity contribution in [3.8, 4) is 0 Å². The van der Waals surface area contributed by atoms with Crippen LogP contribution in [0.3, 0.4) is 0 Å². The maximum absolute atomic E-state index is 13.8. The van der Waals surface area contributed by atoms with E-state index < -0.39 is 28.5 Å². The summed E-state index contributed by atoms with van der Waals surface area (Å²) in [6, 6.07) is 24.0. The molecule has 3 aromatic rings. The van der Waals surface area contributed by atoms with Crippen LogP contribution in [0, 0.1) is 6.92 Å². The van der Waals surface area contributed by atoms with Gasteiger partial charge >= 0.3 is 0 Å². The Morgan fingerprint density at radius 1 is 0.917 bits per heavy atom. The zero-order valence-electron chi connectivity index (χ0n) is 20.9. The molecule has 0 saturated heterocycles. The Balaban J connectivity index is 1.99. The third kappa shape index (κ3) is 6.51. The molecule has 0 aliphatic rings. The Labute approximate surface area is 213 Å². The zero-order valence-corrected chi connectivity index (χ0v) is 21.7. The fourth-order valence-corrected chi connectivity index (χ4v) is 5.52. The van der Waals surface area contributed by atoms with Gasteiger partial charge in [-0.05, 0) is 55.2 Å². The Morgan fingerprint density at radius 3 is 2.14 bits per heavy atom. The first-order valence-electron chi connectivity index (χ1n) is 12.0. The van der Waals surface area contributed by atoms with Crippen molar-refractivity contribution in [2.45, 2.75) is 37.6 Å². The van der Waals surface area contributed by atoms with E-state index in [1.165, 1.54) is 24.1 Å². The van der Waals surface area contributed by atoms with Crippen LogP contribution in [0.5, 0.6) is 0 Å². The molecule has 0 fully saturated rings. The minimum Gasteiger partial charge on any atom is -0.357 e. The van der Waals surface area contributed by atoms with Gasteiger partial charge in [-0.25, -0.2) is 8.42 Å². The molecule has 0 unspecified atom stereocenters. The summed E-state index contributed by atoms with van der Waals surface area (Å²) in [6.45, 7) is 3.55. The molecule has 2 amide bonds. The molecule has 36 heavy (non-hydrogen) atoms. The van der Waals surface area contributed by atoms with Crippen LogP contribution in [-0.2, 0) is 26.0 Å². The second-order valence-corrected chi connectivity index (χ2v) is 10.4. The highest BCUT2D eigenvalue weighted by atomic mass is 32.2. The molecule has 3 aromatic carbocycles. The SMILES string of the molecule is CC[C@@H](C(=O)NC)N(CCc1ccccc1)C(=O)CN(c1cccc(C)c1)S(=O)(=O)c1ccccc1. The van der Waals surface area contributed by atoms with Crippen molar-refractivity contribution in [1.29, 1.82) is 0 Å². The Morgan fingerprint density at radius 2 is 1.56 bits per heavy atom. The van der Waals surface area contributed by atoms with Gasteiger partial charge in [0.05, 0.1) is 10.6 Å². The van der Waals surface area contributed by atoms with Crippen molar-refractivity contribution in [1.82, 2.24) is 10.2 Å². The number of carbonyl (C=O) groups is 2. The van der Waals surface area contributed by atoms with E-state index in [1.807, 2.05) is 50.2 Å². The molecule has 0 aliphatic carbocycles. The Hall–Kier alpha value is -3.65. The van der Waals surface area contributed by atoms with Crippen LogP contribution in [0.15, 0.2) is 89.8 Å². The third-order valence-corrected chi connectivity index (χ3v) is 7.80. The molecule has 0 heterocycles. The number of benzene rings is 3. The predicted octanol–water partition coefficient (Wildman–Crippen LogP) is 3.79. The van der Waals surface area contributed by atoms with Gasteiger partial charge in [-0.1, -0.05) is 67.6 Å². The van der Waals surface area contributed by atoms with Crippen LogP contribution in [0.2, 0.25) is 0 Å². The average molecular weight is 508 g/mol.